The number of benzene rings is 1. The third-order valence-corrected chi connectivity index (χ3v) is 1.54. The van der Waals surface area contributed by atoms with Crippen molar-refractivity contribution in [2.24, 2.45) is 0 Å². The largest absolute Gasteiger partial charge is 0.496 e. The van der Waals surface area contributed by atoms with Gasteiger partial charge in [0, 0.05) is 0 Å². The molecular formula is C10H14NO+. The van der Waals surface area contributed by atoms with E-state index in [2.05, 4.69) is 0 Å². The van der Waals surface area contributed by atoms with Crippen LogP contribution in [0.3, 0.4) is 0 Å². The van der Waals surface area contributed by atoms with Crippen LogP contribution >= 0.6 is 0 Å². The highest BCUT2D eigenvalue weighted by Gasteiger charge is 2.00. The summed E-state index contributed by atoms with van der Waals surface area (Å²) in [5.74, 6) is 0.909. The summed E-state index contributed by atoms with van der Waals surface area (Å²) in [5, 5.41) is 0. The lowest BCUT2D eigenvalue weighted by molar-refractivity contribution is -0.458. The van der Waals surface area contributed by atoms with E-state index >= 15 is 0 Å². The molecular weight excluding hydrogens is 150 g/mol. The van der Waals surface area contributed by atoms with Crippen molar-refractivity contribution < 1.29 is 9.31 Å². The highest BCUT2D eigenvalue weighted by Crippen LogP contribution is 2.14. The van der Waals surface area contributed by atoms with Crippen LogP contribution in [-0.2, 0) is 0 Å². The number of para-hydroxylation sites is 1. The van der Waals surface area contributed by atoms with Crippen LogP contribution in [0, 0.1) is 0 Å². The van der Waals surface area contributed by atoms with E-state index in [0.29, 0.717) is 0 Å². The Balaban J connectivity index is 3.05. The SMILES string of the molecule is COc1ccccc1C=[N+](C)C. The zero-order valence-corrected chi connectivity index (χ0v) is 7.74. The second-order valence-electron chi connectivity index (χ2n) is 2.83. The quantitative estimate of drug-likeness (QED) is 0.475. The van der Waals surface area contributed by atoms with Gasteiger partial charge in [-0.05, 0) is 12.1 Å². The van der Waals surface area contributed by atoms with Gasteiger partial charge >= 0.3 is 0 Å². The molecule has 2 heteroatoms. The Hall–Kier alpha value is -1.31. The molecule has 64 valence electrons. The third-order valence-electron chi connectivity index (χ3n) is 1.54. The molecule has 1 rings (SSSR count). The molecule has 0 N–H and O–H groups in total. The first-order chi connectivity index (χ1) is 5.74. The Kier molecular flexibility index (Phi) is 2.86. The van der Waals surface area contributed by atoms with Crippen molar-refractivity contribution in [3.63, 3.8) is 0 Å². The van der Waals surface area contributed by atoms with Crippen LogP contribution in [0.4, 0.5) is 0 Å². The lowest BCUT2D eigenvalue weighted by Gasteiger charge is -2.00. The van der Waals surface area contributed by atoms with Crippen LogP contribution < -0.4 is 4.74 Å². The van der Waals surface area contributed by atoms with E-state index < -0.39 is 0 Å². The van der Waals surface area contributed by atoms with E-state index in [9.17, 15) is 0 Å². The summed E-state index contributed by atoms with van der Waals surface area (Å²) in [7, 11) is 5.67. The Morgan fingerprint density at radius 1 is 1.25 bits per heavy atom. The number of hydrogen-bond donors (Lipinski definition) is 0. The van der Waals surface area contributed by atoms with E-state index in [-0.39, 0.29) is 0 Å². The average Bonchev–Trinajstić information content (AvgIpc) is 2.04. The van der Waals surface area contributed by atoms with E-state index in [1.165, 1.54) is 0 Å². The van der Waals surface area contributed by atoms with Gasteiger partial charge in [0.25, 0.3) is 0 Å². The average molecular weight is 164 g/mol. The molecule has 0 saturated carbocycles. The Bertz CT molecular complexity index is 288. The molecule has 1 aromatic carbocycles. The molecule has 0 atom stereocenters. The molecule has 0 saturated heterocycles. The second-order valence-corrected chi connectivity index (χ2v) is 2.83. The minimum atomic E-state index is 0.909. The molecule has 0 aliphatic carbocycles. The molecule has 2 nitrogen and oxygen atoms in total. The minimum absolute atomic E-state index is 0.909. The van der Waals surface area contributed by atoms with Crippen LogP contribution in [0.25, 0.3) is 0 Å². The third kappa shape index (κ3) is 2.09. The van der Waals surface area contributed by atoms with Gasteiger partial charge in [0.15, 0.2) is 6.21 Å². The monoisotopic (exact) mass is 164 g/mol. The number of ether oxygens (including phenoxy) is 1. The van der Waals surface area contributed by atoms with Crippen molar-refractivity contribution in [1.82, 2.24) is 0 Å². The minimum Gasteiger partial charge on any atom is -0.496 e. The molecule has 0 bridgehead atoms. The van der Waals surface area contributed by atoms with Gasteiger partial charge in [-0.3, -0.25) is 0 Å². The van der Waals surface area contributed by atoms with Gasteiger partial charge in [0.2, 0.25) is 0 Å². The molecule has 0 aliphatic heterocycles. The van der Waals surface area contributed by atoms with Gasteiger partial charge in [-0.2, -0.15) is 0 Å². The Morgan fingerprint density at radius 3 is 2.50 bits per heavy atom. The zero-order valence-electron chi connectivity index (χ0n) is 7.74. The van der Waals surface area contributed by atoms with E-state index in [1.807, 2.05) is 49.2 Å². The lowest BCUT2D eigenvalue weighted by Crippen LogP contribution is -2.01. The van der Waals surface area contributed by atoms with Crippen molar-refractivity contribution in [2.75, 3.05) is 21.2 Å². The first-order valence-electron chi connectivity index (χ1n) is 3.88. The van der Waals surface area contributed by atoms with Crippen LogP contribution in [0.15, 0.2) is 24.3 Å². The van der Waals surface area contributed by atoms with Crippen molar-refractivity contribution in [2.45, 2.75) is 0 Å². The van der Waals surface area contributed by atoms with Crippen LogP contribution in [0.1, 0.15) is 5.56 Å². The van der Waals surface area contributed by atoms with Gasteiger partial charge in [0.1, 0.15) is 19.8 Å². The first-order valence-corrected chi connectivity index (χ1v) is 3.88. The summed E-state index contributed by atoms with van der Waals surface area (Å²) in [5.41, 5.74) is 1.10. The Labute approximate surface area is 73.1 Å². The predicted octanol–water partition coefficient (Wildman–Crippen LogP) is 1.39. The maximum Gasteiger partial charge on any atom is 0.173 e. The fourth-order valence-corrected chi connectivity index (χ4v) is 1.05. The zero-order chi connectivity index (χ0) is 8.97. The number of methoxy groups -OCH3 is 1. The van der Waals surface area contributed by atoms with Crippen LogP contribution in [0.2, 0.25) is 0 Å². The van der Waals surface area contributed by atoms with E-state index in [0.717, 1.165) is 11.3 Å². The molecule has 0 spiro atoms. The normalized spacial score (nSPS) is 9.25. The summed E-state index contributed by atoms with van der Waals surface area (Å²) in [4.78, 5) is 0. The van der Waals surface area contributed by atoms with Crippen LogP contribution in [0.5, 0.6) is 5.75 Å². The van der Waals surface area contributed by atoms with Gasteiger partial charge in [-0.15, -0.1) is 0 Å². The summed E-state index contributed by atoms with van der Waals surface area (Å²) in [6.45, 7) is 0. The summed E-state index contributed by atoms with van der Waals surface area (Å²) < 4.78 is 7.19. The standard InChI is InChI=1S/C10H14NO/c1-11(2)8-9-6-4-5-7-10(9)12-3/h4-8H,1-3H3/q+1. The van der Waals surface area contributed by atoms with Crippen molar-refractivity contribution in [3.8, 4) is 5.75 Å². The van der Waals surface area contributed by atoms with Gasteiger partial charge in [-0.1, -0.05) is 12.1 Å². The van der Waals surface area contributed by atoms with Gasteiger partial charge in [-0.25, -0.2) is 4.58 Å². The number of hydrogen-bond acceptors (Lipinski definition) is 1. The topological polar surface area (TPSA) is 12.2 Å². The summed E-state index contributed by atoms with van der Waals surface area (Å²) >= 11 is 0. The summed E-state index contributed by atoms with van der Waals surface area (Å²) in [6.07, 6.45) is 2.03. The van der Waals surface area contributed by atoms with Gasteiger partial charge < -0.3 is 4.74 Å². The van der Waals surface area contributed by atoms with E-state index in [4.69, 9.17) is 4.74 Å². The highest BCUT2D eigenvalue weighted by molar-refractivity contribution is 5.79. The fourth-order valence-electron chi connectivity index (χ4n) is 1.05. The number of nitrogens with zero attached hydrogens (tertiary/aromatic N) is 1. The summed E-state index contributed by atoms with van der Waals surface area (Å²) in [6, 6.07) is 7.94. The van der Waals surface area contributed by atoms with E-state index in [1.54, 1.807) is 7.11 Å². The molecule has 0 heterocycles. The molecule has 0 aliphatic rings. The van der Waals surface area contributed by atoms with Crippen molar-refractivity contribution in [1.29, 1.82) is 0 Å². The fraction of sp³-hybridized carbons (Fsp3) is 0.300. The maximum atomic E-state index is 5.19. The molecule has 0 radical (unpaired) electrons. The number of rotatable bonds is 2. The van der Waals surface area contributed by atoms with Gasteiger partial charge in [0.05, 0.1) is 12.7 Å². The highest BCUT2D eigenvalue weighted by atomic mass is 16.5. The Morgan fingerprint density at radius 2 is 1.92 bits per heavy atom. The predicted molar refractivity (Wildman–Crippen MR) is 50.3 cm³/mol. The molecule has 12 heavy (non-hydrogen) atoms. The van der Waals surface area contributed by atoms with Crippen LogP contribution in [-0.4, -0.2) is 32.0 Å². The second kappa shape index (κ2) is 3.90. The molecule has 0 fully saturated rings. The molecule has 1 aromatic rings. The van der Waals surface area contributed by atoms with Crippen molar-refractivity contribution in [3.05, 3.63) is 29.8 Å². The smallest absolute Gasteiger partial charge is 0.173 e. The molecule has 0 unspecified atom stereocenters. The maximum absolute atomic E-state index is 5.19. The van der Waals surface area contributed by atoms with Crippen molar-refractivity contribution >= 4 is 6.21 Å². The first kappa shape index (κ1) is 8.78. The molecule has 0 aromatic heterocycles. The molecule has 0 amide bonds. The lowest BCUT2D eigenvalue weighted by atomic mass is 10.2.